The van der Waals surface area contributed by atoms with Crippen molar-refractivity contribution in [1.82, 2.24) is 0 Å². The van der Waals surface area contributed by atoms with E-state index in [1.165, 1.54) is 16.2 Å². The highest BCUT2D eigenvalue weighted by Gasteiger charge is 2.28. The summed E-state index contributed by atoms with van der Waals surface area (Å²) in [6, 6.07) is 19.3. The lowest BCUT2D eigenvalue weighted by Crippen LogP contribution is -2.16. The smallest absolute Gasteiger partial charge is 0.341 e. The molecule has 31 heavy (non-hydrogen) atoms. The first kappa shape index (κ1) is 21.1. The van der Waals surface area contributed by atoms with Crippen molar-refractivity contribution in [2.45, 2.75) is 32.6 Å². The Morgan fingerprint density at radius 2 is 1.68 bits per heavy atom. The van der Waals surface area contributed by atoms with Crippen LogP contribution in [0.1, 0.15) is 51.7 Å². The van der Waals surface area contributed by atoms with Crippen LogP contribution in [0.2, 0.25) is 0 Å². The number of anilines is 1. The molecule has 1 aromatic heterocycles. The number of aryl methyl sites for hydroxylation is 1. The summed E-state index contributed by atoms with van der Waals surface area (Å²) in [5, 5.41) is 3.62. The third kappa shape index (κ3) is 4.78. The van der Waals surface area contributed by atoms with E-state index in [4.69, 9.17) is 4.74 Å². The number of benzene rings is 2. The molecule has 158 valence electrons. The van der Waals surface area contributed by atoms with Crippen LogP contribution in [0.3, 0.4) is 0 Å². The molecule has 5 heteroatoms. The van der Waals surface area contributed by atoms with E-state index < -0.39 is 0 Å². The highest BCUT2D eigenvalue weighted by atomic mass is 32.1. The Bertz CT molecular complexity index is 1100. The van der Waals surface area contributed by atoms with Gasteiger partial charge in [0.2, 0.25) is 0 Å². The zero-order valence-electron chi connectivity index (χ0n) is 17.5. The molecule has 3 aromatic rings. The molecule has 4 nitrogen and oxygen atoms in total. The summed E-state index contributed by atoms with van der Waals surface area (Å²) in [4.78, 5) is 27.3. The second-order valence-corrected chi connectivity index (χ2v) is 8.53. The number of hydrogen-bond donors (Lipinski definition) is 1. The van der Waals surface area contributed by atoms with Crippen molar-refractivity contribution in [3.63, 3.8) is 0 Å². The van der Waals surface area contributed by atoms with E-state index in [1.807, 2.05) is 66.7 Å². The number of fused-ring (bicyclic) bond motifs is 1. The Labute approximate surface area is 186 Å². The van der Waals surface area contributed by atoms with Crippen LogP contribution in [0.4, 0.5) is 5.00 Å². The Morgan fingerprint density at radius 3 is 2.39 bits per heavy atom. The summed E-state index contributed by atoms with van der Waals surface area (Å²) < 4.78 is 5.32. The number of carbonyl (C=O) groups excluding carboxylic acids is 2. The van der Waals surface area contributed by atoms with Gasteiger partial charge >= 0.3 is 5.97 Å². The van der Waals surface area contributed by atoms with Gasteiger partial charge in [0.05, 0.1) is 12.2 Å². The van der Waals surface area contributed by atoms with E-state index >= 15 is 0 Å². The van der Waals surface area contributed by atoms with Gasteiger partial charge in [-0.2, -0.15) is 0 Å². The van der Waals surface area contributed by atoms with Gasteiger partial charge in [-0.3, -0.25) is 4.79 Å². The average Bonchev–Trinajstić information content (AvgIpc) is 3.16. The SMILES string of the molecule is CCOC(=O)c1c(NC(=O)/C(=C/c2ccccc2)c2ccccc2)sc2c1CCCC2. The maximum absolute atomic E-state index is 13.4. The molecule has 0 atom stereocenters. The Balaban J connectivity index is 1.72. The molecule has 0 unspecified atom stereocenters. The average molecular weight is 432 g/mol. The lowest BCUT2D eigenvalue weighted by atomic mass is 9.95. The fourth-order valence-electron chi connectivity index (χ4n) is 3.86. The van der Waals surface area contributed by atoms with E-state index in [0.29, 0.717) is 22.7 Å². The summed E-state index contributed by atoms with van der Waals surface area (Å²) in [6.07, 6.45) is 5.82. The molecule has 1 heterocycles. The van der Waals surface area contributed by atoms with Gasteiger partial charge in [-0.05, 0) is 55.4 Å². The van der Waals surface area contributed by atoms with Gasteiger partial charge in [0.1, 0.15) is 5.00 Å². The second-order valence-electron chi connectivity index (χ2n) is 7.42. The molecular formula is C26H25NO3S. The number of rotatable bonds is 6. The predicted octanol–water partition coefficient (Wildman–Crippen LogP) is 5.98. The molecule has 1 aliphatic rings. The molecule has 2 aromatic carbocycles. The molecular weight excluding hydrogens is 406 g/mol. The number of ether oxygens (including phenoxy) is 1. The number of amides is 1. The molecule has 1 N–H and O–H groups in total. The summed E-state index contributed by atoms with van der Waals surface area (Å²) >= 11 is 1.50. The third-order valence-electron chi connectivity index (χ3n) is 5.32. The van der Waals surface area contributed by atoms with Crippen LogP contribution in [0.5, 0.6) is 0 Å². The number of thiophene rings is 1. The van der Waals surface area contributed by atoms with Gasteiger partial charge in [-0.1, -0.05) is 60.7 Å². The first-order valence-corrected chi connectivity index (χ1v) is 11.4. The van der Waals surface area contributed by atoms with Gasteiger partial charge in [0.25, 0.3) is 5.91 Å². The van der Waals surface area contributed by atoms with E-state index in [0.717, 1.165) is 42.4 Å². The highest BCUT2D eigenvalue weighted by Crippen LogP contribution is 2.39. The van der Waals surface area contributed by atoms with Crippen LogP contribution in [-0.4, -0.2) is 18.5 Å². The predicted molar refractivity (Wildman–Crippen MR) is 126 cm³/mol. The van der Waals surface area contributed by atoms with Gasteiger partial charge in [-0.15, -0.1) is 11.3 Å². The minimum atomic E-state index is -0.356. The van der Waals surface area contributed by atoms with Crippen molar-refractivity contribution in [2.75, 3.05) is 11.9 Å². The monoisotopic (exact) mass is 431 g/mol. The second kappa shape index (κ2) is 9.75. The van der Waals surface area contributed by atoms with E-state index in [-0.39, 0.29) is 11.9 Å². The fourth-order valence-corrected chi connectivity index (χ4v) is 5.13. The van der Waals surface area contributed by atoms with Crippen LogP contribution in [0.15, 0.2) is 60.7 Å². The van der Waals surface area contributed by atoms with Crippen LogP contribution >= 0.6 is 11.3 Å². The zero-order chi connectivity index (χ0) is 21.6. The Morgan fingerprint density at radius 1 is 1.00 bits per heavy atom. The van der Waals surface area contributed by atoms with E-state index in [1.54, 1.807) is 6.92 Å². The molecule has 4 rings (SSSR count). The van der Waals surface area contributed by atoms with Gasteiger partial charge in [0, 0.05) is 10.5 Å². The molecule has 0 radical (unpaired) electrons. The number of carbonyl (C=O) groups is 2. The summed E-state index contributed by atoms with van der Waals surface area (Å²) in [6.45, 7) is 2.10. The van der Waals surface area contributed by atoms with E-state index in [9.17, 15) is 9.59 Å². The lowest BCUT2D eigenvalue weighted by Gasteiger charge is -2.13. The van der Waals surface area contributed by atoms with Gasteiger partial charge in [-0.25, -0.2) is 4.79 Å². The summed E-state index contributed by atoms with van der Waals surface area (Å²) in [5.41, 5.74) is 3.88. The quantitative estimate of drug-likeness (QED) is 0.297. The molecule has 0 aliphatic heterocycles. The Hall–Kier alpha value is -3.18. The van der Waals surface area contributed by atoms with Gasteiger partial charge in [0.15, 0.2) is 0 Å². The van der Waals surface area contributed by atoms with Crippen LogP contribution in [-0.2, 0) is 22.4 Å². The molecule has 1 amide bonds. The molecule has 0 fully saturated rings. The van der Waals surface area contributed by atoms with Crippen molar-refractivity contribution in [3.8, 4) is 0 Å². The normalized spacial score (nSPS) is 13.4. The van der Waals surface area contributed by atoms with E-state index in [2.05, 4.69) is 5.32 Å². The van der Waals surface area contributed by atoms with Crippen molar-refractivity contribution >= 4 is 39.9 Å². The lowest BCUT2D eigenvalue weighted by molar-refractivity contribution is -0.111. The molecule has 0 spiro atoms. The maximum atomic E-state index is 13.4. The first-order chi connectivity index (χ1) is 15.2. The minimum absolute atomic E-state index is 0.237. The van der Waals surface area contributed by atoms with Crippen LogP contribution in [0, 0.1) is 0 Å². The molecule has 0 saturated heterocycles. The topological polar surface area (TPSA) is 55.4 Å². The summed E-state index contributed by atoms with van der Waals surface area (Å²) in [5.74, 6) is -0.593. The zero-order valence-corrected chi connectivity index (χ0v) is 18.3. The third-order valence-corrected chi connectivity index (χ3v) is 6.53. The highest BCUT2D eigenvalue weighted by molar-refractivity contribution is 7.17. The standard InChI is InChI=1S/C26H25NO3S/c1-2-30-26(29)23-20-15-9-10-16-22(20)31-25(23)27-24(28)21(19-13-7-4-8-14-19)17-18-11-5-3-6-12-18/h3-8,11-14,17H,2,9-10,15-16H2,1H3,(H,27,28)/b21-17+. The largest absolute Gasteiger partial charge is 0.462 e. The molecule has 0 bridgehead atoms. The number of hydrogen-bond acceptors (Lipinski definition) is 4. The van der Waals surface area contributed by atoms with Crippen molar-refractivity contribution < 1.29 is 14.3 Å². The minimum Gasteiger partial charge on any atom is -0.462 e. The fraction of sp³-hybridized carbons (Fsp3) is 0.231. The van der Waals surface area contributed by atoms with Crippen molar-refractivity contribution in [1.29, 1.82) is 0 Å². The molecule has 1 aliphatic carbocycles. The Kier molecular flexibility index (Phi) is 6.63. The number of esters is 1. The van der Waals surface area contributed by atoms with Crippen LogP contribution < -0.4 is 5.32 Å². The van der Waals surface area contributed by atoms with Crippen LogP contribution in [0.25, 0.3) is 11.6 Å². The maximum Gasteiger partial charge on any atom is 0.341 e. The van der Waals surface area contributed by atoms with Crippen molar-refractivity contribution in [3.05, 3.63) is 87.8 Å². The molecule has 0 saturated carbocycles. The first-order valence-electron chi connectivity index (χ1n) is 10.6. The number of nitrogens with one attached hydrogen (secondary N) is 1. The summed E-state index contributed by atoms with van der Waals surface area (Å²) in [7, 11) is 0. The van der Waals surface area contributed by atoms with Crippen molar-refractivity contribution in [2.24, 2.45) is 0 Å². The van der Waals surface area contributed by atoms with Gasteiger partial charge < -0.3 is 10.1 Å².